The van der Waals surface area contributed by atoms with Gasteiger partial charge in [0.05, 0.1) is 11.5 Å². The second kappa shape index (κ2) is 10.2. The molecular formula is C14H16N2O7S. The van der Waals surface area contributed by atoms with Crippen LogP contribution in [0.1, 0.15) is 13.3 Å². The van der Waals surface area contributed by atoms with Gasteiger partial charge >= 0.3 is 6.16 Å². The van der Waals surface area contributed by atoms with E-state index in [2.05, 4.69) is 5.32 Å². The molecule has 130 valence electrons. The Labute approximate surface area is 141 Å². The van der Waals surface area contributed by atoms with Gasteiger partial charge in [-0.3, -0.25) is 19.7 Å². The van der Waals surface area contributed by atoms with E-state index >= 15 is 0 Å². The van der Waals surface area contributed by atoms with Crippen molar-refractivity contribution in [2.75, 3.05) is 18.9 Å². The second-order valence-corrected chi connectivity index (χ2v) is 5.66. The quantitative estimate of drug-likeness (QED) is 0.246. The van der Waals surface area contributed by atoms with Gasteiger partial charge in [0.2, 0.25) is 5.91 Å². The number of nitro groups is 1. The molecule has 0 radical (unpaired) electrons. The van der Waals surface area contributed by atoms with Crippen molar-refractivity contribution < 1.29 is 28.8 Å². The third kappa shape index (κ3) is 8.13. The molecule has 24 heavy (non-hydrogen) atoms. The van der Waals surface area contributed by atoms with Crippen LogP contribution in [0.25, 0.3) is 0 Å². The van der Waals surface area contributed by atoms with Crippen LogP contribution in [0.5, 0.6) is 5.75 Å². The maximum absolute atomic E-state index is 11.4. The number of nitrogens with one attached hydrogen (secondary N) is 1. The summed E-state index contributed by atoms with van der Waals surface area (Å²) in [6, 6.07) is 4.94. The Morgan fingerprint density at radius 2 is 1.92 bits per heavy atom. The molecule has 1 aromatic rings. The highest BCUT2D eigenvalue weighted by Crippen LogP contribution is 2.17. The summed E-state index contributed by atoms with van der Waals surface area (Å²) in [5, 5.41) is 13.0. The first-order valence-corrected chi connectivity index (χ1v) is 7.86. The Bertz CT molecular complexity index is 604. The number of carbonyl (C=O) groups excluding carboxylic acids is 3. The SMILES string of the molecule is CC(=O)SCCC(=O)NCCOC(=O)Oc1ccc([N+](=O)[O-])cc1. The minimum atomic E-state index is -0.981. The average Bonchev–Trinajstić information content (AvgIpc) is 2.51. The number of nitrogens with zero attached hydrogens (tertiary/aromatic N) is 1. The predicted octanol–water partition coefficient (Wildman–Crippen LogP) is 1.90. The number of non-ortho nitro benzene ring substituents is 1. The fourth-order valence-electron chi connectivity index (χ4n) is 1.46. The lowest BCUT2D eigenvalue weighted by Gasteiger charge is -2.07. The topological polar surface area (TPSA) is 125 Å². The monoisotopic (exact) mass is 356 g/mol. The number of carbonyl (C=O) groups is 3. The van der Waals surface area contributed by atoms with Gasteiger partial charge in [0.15, 0.2) is 5.12 Å². The van der Waals surface area contributed by atoms with Crippen molar-refractivity contribution in [2.45, 2.75) is 13.3 Å². The Kier molecular flexibility index (Phi) is 8.26. The van der Waals surface area contributed by atoms with Crippen molar-refractivity contribution in [1.82, 2.24) is 5.32 Å². The van der Waals surface area contributed by atoms with Gasteiger partial charge in [-0.15, -0.1) is 0 Å². The first-order valence-electron chi connectivity index (χ1n) is 6.87. The maximum Gasteiger partial charge on any atom is 0.513 e. The third-order valence-corrected chi connectivity index (χ3v) is 3.34. The molecule has 0 atom stereocenters. The zero-order chi connectivity index (χ0) is 17.9. The van der Waals surface area contributed by atoms with E-state index < -0.39 is 11.1 Å². The van der Waals surface area contributed by atoms with E-state index in [-0.39, 0.29) is 42.0 Å². The Hall–Kier alpha value is -2.62. The van der Waals surface area contributed by atoms with Crippen LogP contribution in [0.3, 0.4) is 0 Å². The molecule has 9 nitrogen and oxygen atoms in total. The first kappa shape index (κ1) is 19.4. The molecule has 0 fully saturated rings. The summed E-state index contributed by atoms with van der Waals surface area (Å²) in [6.07, 6.45) is -0.789. The van der Waals surface area contributed by atoms with Gasteiger partial charge in [-0.25, -0.2) is 4.79 Å². The normalized spacial score (nSPS) is 9.88. The lowest BCUT2D eigenvalue weighted by atomic mass is 10.3. The molecule has 1 N–H and O–H groups in total. The highest BCUT2D eigenvalue weighted by atomic mass is 32.2. The van der Waals surface area contributed by atoms with Crippen LogP contribution in [0.2, 0.25) is 0 Å². The molecule has 0 unspecified atom stereocenters. The summed E-state index contributed by atoms with van der Waals surface area (Å²) in [4.78, 5) is 43.4. The van der Waals surface area contributed by atoms with Crippen molar-refractivity contribution >= 4 is 34.6 Å². The number of hydrogen-bond donors (Lipinski definition) is 1. The molecular weight excluding hydrogens is 340 g/mol. The van der Waals surface area contributed by atoms with Gasteiger partial charge < -0.3 is 14.8 Å². The molecule has 1 rings (SSSR count). The molecule has 0 spiro atoms. The fourth-order valence-corrected chi connectivity index (χ4v) is 2.04. The zero-order valence-electron chi connectivity index (χ0n) is 12.9. The lowest BCUT2D eigenvalue weighted by molar-refractivity contribution is -0.384. The summed E-state index contributed by atoms with van der Waals surface area (Å²) in [6.45, 7) is 1.45. The molecule has 0 saturated heterocycles. The van der Waals surface area contributed by atoms with E-state index in [0.717, 1.165) is 11.8 Å². The van der Waals surface area contributed by atoms with Crippen molar-refractivity contribution in [3.05, 3.63) is 34.4 Å². The van der Waals surface area contributed by atoms with Crippen molar-refractivity contribution in [1.29, 1.82) is 0 Å². The van der Waals surface area contributed by atoms with Gasteiger partial charge in [0.25, 0.3) is 5.69 Å². The van der Waals surface area contributed by atoms with Crippen LogP contribution in [-0.2, 0) is 14.3 Å². The summed E-state index contributed by atoms with van der Waals surface area (Å²) >= 11 is 1.06. The minimum absolute atomic E-state index is 0.0554. The standard InChI is InChI=1S/C14H16N2O7S/c1-10(17)24-9-6-13(18)15-7-8-22-14(19)23-12-4-2-11(3-5-12)16(20)21/h2-5H,6-9H2,1H3,(H,15,18). The smallest absolute Gasteiger partial charge is 0.432 e. The summed E-state index contributed by atoms with van der Waals surface area (Å²) < 4.78 is 9.56. The fraction of sp³-hybridized carbons (Fsp3) is 0.357. The summed E-state index contributed by atoms with van der Waals surface area (Å²) in [7, 11) is 0. The number of amides is 1. The average molecular weight is 356 g/mol. The largest absolute Gasteiger partial charge is 0.513 e. The molecule has 0 bridgehead atoms. The molecule has 0 aliphatic rings. The molecule has 1 aromatic carbocycles. The third-order valence-electron chi connectivity index (χ3n) is 2.53. The highest BCUT2D eigenvalue weighted by Gasteiger charge is 2.09. The van der Waals surface area contributed by atoms with Crippen molar-refractivity contribution in [2.24, 2.45) is 0 Å². The summed E-state index contributed by atoms with van der Waals surface area (Å²) in [5.74, 6) is 0.247. The van der Waals surface area contributed by atoms with Gasteiger partial charge in [0.1, 0.15) is 12.4 Å². The number of benzene rings is 1. The molecule has 1 amide bonds. The highest BCUT2D eigenvalue weighted by molar-refractivity contribution is 8.13. The van der Waals surface area contributed by atoms with Crippen LogP contribution in [-0.4, -0.2) is 41.0 Å². The van der Waals surface area contributed by atoms with E-state index in [1.54, 1.807) is 0 Å². The van der Waals surface area contributed by atoms with E-state index in [1.165, 1.54) is 31.2 Å². The van der Waals surface area contributed by atoms with Crippen LogP contribution in [0.4, 0.5) is 10.5 Å². The molecule has 0 aromatic heterocycles. The van der Waals surface area contributed by atoms with Gasteiger partial charge in [0, 0.05) is 31.2 Å². The zero-order valence-corrected chi connectivity index (χ0v) is 13.7. The van der Waals surface area contributed by atoms with Crippen molar-refractivity contribution in [3.63, 3.8) is 0 Å². The van der Waals surface area contributed by atoms with Crippen LogP contribution in [0.15, 0.2) is 24.3 Å². The summed E-state index contributed by atoms with van der Waals surface area (Å²) in [5.41, 5.74) is -0.124. The second-order valence-electron chi connectivity index (χ2n) is 4.39. The number of hydrogen-bond acceptors (Lipinski definition) is 8. The number of ether oxygens (including phenoxy) is 2. The van der Waals surface area contributed by atoms with E-state index in [0.29, 0.717) is 5.75 Å². The molecule has 0 aliphatic carbocycles. The lowest BCUT2D eigenvalue weighted by Crippen LogP contribution is -2.28. The molecule has 0 heterocycles. The Balaban J connectivity index is 2.18. The van der Waals surface area contributed by atoms with Crippen LogP contribution in [0, 0.1) is 10.1 Å². The number of thioether (sulfide) groups is 1. The molecule has 0 aliphatic heterocycles. The van der Waals surface area contributed by atoms with Crippen LogP contribution >= 0.6 is 11.8 Å². The van der Waals surface area contributed by atoms with Crippen molar-refractivity contribution in [3.8, 4) is 5.75 Å². The van der Waals surface area contributed by atoms with Gasteiger partial charge in [-0.1, -0.05) is 11.8 Å². The predicted molar refractivity (Wildman–Crippen MR) is 85.8 cm³/mol. The number of nitro benzene ring substituents is 1. The minimum Gasteiger partial charge on any atom is -0.432 e. The van der Waals surface area contributed by atoms with E-state index in [9.17, 15) is 24.5 Å². The van der Waals surface area contributed by atoms with Crippen LogP contribution < -0.4 is 10.1 Å². The number of rotatable bonds is 8. The molecule has 0 saturated carbocycles. The van der Waals surface area contributed by atoms with E-state index in [4.69, 9.17) is 9.47 Å². The van der Waals surface area contributed by atoms with Gasteiger partial charge in [-0.2, -0.15) is 0 Å². The molecule has 10 heteroatoms. The van der Waals surface area contributed by atoms with E-state index in [1.807, 2.05) is 0 Å². The Morgan fingerprint density at radius 1 is 1.25 bits per heavy atom. The first-order chi connectivity index (χ1) is 11.4. The Morgan fingerprint density at radius 3 is 2.50 bits per heavy atom. The maximum atomic E-state index is 11.4. The van der Waals surface area contributed by atoms with Gasteiger partial charge in [-0.05, 0) is 12.1 Å².